The number of hydrogen-bond donors (Lipinski definition) is 1. The van der Waals surface area contributed by atoms with Gasteiger partial charge in [0.1, 0.15) is 0 Å². The highest BCUT2D eigenvalue weighted by molar-refractivity contribution is 5.49. The van der Waals surface area contributed by atoms with Gasteiger partial charge in [-0.1, -0.05) is 25.0 Å². The quantitative estimate of drug-likeness (QED) is 0.867. The van der Waals surface area contributed by atoms with Crippen LogP contribution >= 0.6 is 0 Å². The van der Waals surface area contributed by atoms with E-state index in [0.29, 0.717) is 12.1 Å². The summed E-state index contributed by atoms with van der Waals surface area (Å²) in [5, 5.41) is 0. The van der Waals surface area contributed by atoms with Crippen molar-refractivity contribution >= 4 is 5.69 Å². The number of rotatable bonds is 3. The minimum absolute atomic E-state index is 0.337. The van der Waals surface area contributed by atoms with Crippen molar-refractivity contribution in [3.63, 3.8) is 0 Å². The second-order valence-corrected chi connectivity index (χ2v) is 5.14. The predicted molar refractivity (Wildman–Crippen MR) is 74.4 cm³/mol. The maximum atomic E-state index is 6.29. The highest BCUT2D eigenvalue weighted by atomic mass is 15.2. The summed E-state index contributed by atoms with van der Waals surface area (Å²) in [6.07, 6.45) is 5.03. The largest absolute Gasteiger partial charge is 0.367 e. The summed E-state index contributed by atoms with van der Waals surface area (Å²) in [6.45, 7) is 5.42. The molecule has 2 rings (SSSR count). The van der Waals surface area contributed by atoms with Crippen molar-refractivity contribution in [2.75, 3.05) is 11.4 Å². The average molecular weight is 232 g/mol. The summed E-state index contributed by atoms with van der Waals surface area (Å²) >= 11 is 0. The van der Waals surface area contributed by atoms with Crippen LogP contribution in [0.15, 0.2) is 24.3 Å². The van der Waals surface area contributed by atoms with E-state index < -0.39 is 0 Å². The Labute approximate surface area is 105 Å². The monoisotopic (exact) mass is 232 g/mol. The molecule has 0 aromatic heterocycles. The van der Waals surface area contributed by atoms with Crippen molar-refractivity contribution in [3.05, 3.63) is 29.8 Å². The molecule has 17 heavy (non-hydrogen) atoms. The van der Waals surface area contributed by atoms with Crippen molar-refractivity contribution < 1.29 is 0 Å². The molecule has 1 saturated carbocycles. The Bertz CT molecular complexity index is 362. The molecule has 0 spiro atoms. The minimum Gasteiger partial charge on any atom is -0.367 e. The molecule has 94 valence electrons. The van der Waals surface area contributed by atoms with Gasteiger partial charge in [-0.05, 0) is 44.4 Å². The van der Waals surface area contributed by atoms with Crippen LogP contribution < -0.4 is 10.6 Å². The van der Waals surface area contributed by atoms with Gasteiger partial charge in [0.25, 0.3) is 0 Å². The lowest BCUT2D eigenvalue weighted by atomic mass is 9.89. The number of hydrogen-bond acceptors (Lipinski definition) is 2. The Morgan fingerprint density at radius 1 is 1.29 bits per heavy atom. The van der Waals surface area contributed by atoms with Gasteiger partial charge in [-0.25, -0.2) is 0 Å². The summed E-state index contributed by atoms with van der Waals surface area (Å²) in [4.78, 5) is 2.48. The van der Waals surface area contributed by atoms with E-state index in [1.807, 2.05) is 0 Å². The maximum absolute atomic E-state index is 6.29. The predicted octanol–water partition coefficient (Wildman–Crippen LogP) is 3.09. The second-order valence-electron chi connectivity index (χ2n) is 5.14. The van der Waals surface area contributed by atoms with Crippen LogP contribution in [0.3, 0.4) is 0 Å². The molecule has 1 aliphatic rings. The standard InChI is InChI=1S/C15H24N2/c1-3-17(13-8-6-7-12(2)11-13)15-10-5-4-9-14(15)16/h6-8,11,14-15H,3-5,9-10,16H2,1-2H3. The summed E-state index contributed by atoms with van der Waals surface area (Å²) in [5.74, 6) is 0. The Hall–Kier alpha value is -1.02. The Morgan fingerprint density at radius 3 is 2.71 bits per heavy atom. The van der Waals surface area contributed by atoms with Gasteiger partial charge in [-0.2, -0.15) is 0 Å². The average Bonchev–Trinajstić information content (AvgIpc) is 2.33. The molecule has 2 atom stereocenters. The maximum Gasteiger partial charge on any atom is 0.0440 e. The number of aryl methyl sites for hydroxylation is 1. The summed E-state index contributed by atoms with van der Waals surface area (Å²) in [5.41, 5.74) is 8.94. The molecule has 2 heteroatoms. The Kier molecular flexibility index (Phi) is 4.06. The van der Waals surface area contributed by atoms with E-state index in [1.54, 1.807) is 0 Å². The Morgan fingerprint density at radius 2 is 2.06 bits per heavy atom. The van der Waals surface area contributed by atoms with Crippen LogP contribution in [0.4, 0.5) is 5.69 Å². The first kappa shape index (κ1) is 12.4. The van der Waals surface area contributed by atoms with Gasteiger partial charge in [0.15, 0.2) is 0 Å². The van der Waals surface area contributed by atoms with E-state index in [9.17, 15) is 0 Å². The molecule has 2 N–H and O–H groups in total. The van der Waals surface area contributed by atoms with Gasteiger partial charge in [-0.15, -0.1) is 0 Å². The first-order valence-electron chi connectivity index (χ1n) is 6.81. The van der Waals surface area contributed by atoms with Gasteiger partial charge in [0.05, 0.1) is 0 Å². The van der Waals surface area contributed by atoms with Crippen molar-refractivity contribution in [2.24, 2.45) is 5.73 Å². The fourth-order valence-corrected chi connectivity index (χ4v) is 2.94. The lowest BCUT2D eigenvalue weighted by Crippen LogP contribution is -2.49. The third-order valence-corrected chi connectivity index (χ3v) is 3.86. The third kappa shape index (κ3) is 2.81. The summed E-state index contributed by atoms with van der Waals surface area (Å²) in [6, 6.07) is 9.63. The minimum atomic E-state index is 0.337. The topological polar surface area (TPSA) is 29.3 Å². The molecule has 1 aliphatic carbocycles. The molecule has 0 radical (unpaired) electrons. The number of likely N-dealkylation sites (N-methyl/N-ethyl adjacent to an activating group) is 1. The summed E-state index contributed by atoms with van der Waals surface area (Å²) < 4.78 is 0. The van der Waals surface area contributed by atoms with Gasteiger partial charge < -0.3 is 10.6 Å². The molecular weight excluding hydrogens is 208 g/mol. The molecular formula is C15H24N2. The molecule has 2 unspecified atom stereocenters. The molecule has 0 bridgehead atoms. The van der Waals surface area contributed by atoms with Crippen LogP contribution in [0.2, 0.25) is 0 Å². The lowest BCUT2D eigenvalue weighted by molar-refractivity contribution is 0.366. The highest BCUT2D eigenvalue weighted by Gasteiger charge is 2.26. The van der Waals surface area contributed by atoms with E-state index in [0.717, 1.165) is 6.54 Å². The SMILES string of the molecule is CCN(c1cccc(C)c1)C1CCCCC1N. The fourth-order valence-electron chi connectivity index (χ4n) is 2.94. The van der Waals surface area contributed by atoms with Crippen LogP contribution in [0.5, 0.6) is 0 Å². The number of nitrogens with two attached hydrogens (primary N) is 1. The van der Waals surface area contributed by atoms with Gasteiger partial charge >= 0.3 is 0 Å². The fraction of sp³-hybridized carbons (Fsp3) is 0.600. The molecule has 0 saturated heterocycles. The molecule has 0 aliphatic heterocycles. The normalized spacial score (nSPS) is 24.6. The number of anilines is 1. The summed E-state index contributed by atoms with van der Waals surface area (Å²) in [7, 11) is 0. The third-order valence-electron chi connectivity index (χ3n) is 3.86. The molecule has 1 aromatic carbocycles. The molecule has 1 fully saturated rings. The zero-order valence-electron chi connectivity index (χ0n) is 11.0. The molecule has 2 nitrogen and oxygen atoms in total. The van der Waals surface area contributed by atoms with E-state index in [-0.39, 0.29) is 0 Å². The second kappa shape index (κ2) is 5.54. The first-order chi connectivity index (χ1) is 8.22. The van der Waals surface area contributed by atoms with Crippen LogP contribution in [-0.2, 0) is 0 Å². The highest BCUT2D eigenvalue weighted by Crippen LogP contribution is 2.27. The van der Waals surface area contributed by atoms with E-state index in [4.69, 9.17) is 5.73 Å². The van der Waals surface area contributed by atoms with Gasteiger partial charge in [0, 0.05) is 24.3 Å². The Balaban J connectivity index is 2.20. The van der Waals surface area contributed by atoms with Crippen molar-refractivity contribution in [2.45, 2.75) is 51.6 Å². The van der Waals surface area contributed by atoms with Crippen LogP contribution in [0, 0.1) is 6.92 Å². The van der Waals surface area contributed by atoms with Crippen LogP contribution in [-0.4, -0.2) is 18.6 Å². The van der Waals surface area contributed by atoms with Gasteiger partial charge in [-0.3, -0.25) is 0 Å². The van der Waals surface area contributed by atoms with Crippen LogP contribution in [0.25, 0.3) is 0 Å². The van der Waals surface area contributed by atoms with Crippen molar-refractivity contribution in [3.8, 4) is 0 Å². The van der Waals surface area contributed by atoms with Crippen molar-refractivity contribution in [1.82, 2.24) is 0 Å². The molecule has 1 aromatic rings. The molecule has 0 amide bonds. The first-order valence-corrected chi connectivity index (χ1v) is 6.81. The van der Waals surface area contributed by atoms with E-state index in [1.165, 1.54) is 36.9 Å². The van der Waals surface area contributed by atoms with Crippen molar-refractivity contribution in [1.29, 1.82) is 0 Å². The van der Waals surface area contributed by atoms with E-state index in [2.05, 4.69) is 43.0 Å². The smallest absolute Gasteiger partial charge is 0.0440 e. The number of benzene rings is 1. The van der Waals surface area contributed by atoms with Crippen LogP contribution in [0.1, 0.15) is 38.2 Å². The lowest BCUT2D eigenvalue weighted by Gasteiger charge is -2.39. The zero-order chi connectivity index (χ0) is 12.3. The van der Waals surface area contributed by atoms with E-state index >= 15 is 0 Å². The zero-order valence-corrected chi connectivity index (χ0v) is 11.0. The molecule has 0 heterocycles. The number of nitrogens with zero attached hydrogens (tertiary/aromatic N) is 1. The van der Waals surface area contributed by atoms with Gasteiger partial charge in [0.2, 0.25) is 0 Å².